The first-order valence-electron chi connectivity index (χ1n) is 11.3. The molecule has 3 heterocycles. The molecule has 7 nitrogen and oxygen atoms in total. The molecule has 0 radical (unpaired) electrons. The number of aliphatic imine (C=N–C) groups is 1. The molecule has 2 aromatic heterocycles. The number of fused-ring (bicyclic) bond motifs is 1. The molecule has 0 unspecified atom stereocenters. The van der Waals surface area contributed by atoms with E-state index in [1.165, 1.54) is 11.1 Å². The molecular formula is C24H33N7. The van der Waals surface area contributed by atoms with E-state index in [9.17, 15) is 0 Å². The Hall–Kier alpha value is -2.93. The molecule has 31 heavy (non-hydrogen) atoms. The van der Waals surface area contributed by atoms with Crippen LogP contribution >= 0.6 is 0 Å². The SMILES string of the molecule is CCNC(=NCCCc1nnc2ccccn12)N1CCN(Cc2cccc(C)c2)CC1. The predicted octanol–water partition coefficient (Wildman–Crippen LogP) is 2.75. The van der Waals surface area contributed by atoms with Gasteiger partial charge < -0.3 is 10.2 Å². The number of hydrogen-bond acceptors (Lipinski definition) is 4. The van der Waals surface area contributed by atoms with Crippen molar-refractivity contribution in [1.29, 1.82) is 0 Å². The molecule has 1 saturated heterocycles. The number of rotatable bonds is 7. The van der Waals surface area contributed by atoms with Crippen molar-refractivity contribution < 1.29 is 0 Å². The number of aryl methyl sites for hydroxylation is 2. The van der Waals surface area contributed by atoms with Gasteiger partial charge in [0.1, 0.15) is 5.82 Å². The van der Waals surface area contributed by atoms with Gasteiger partial charge in [0, 0.05) is 58.4 Å². The summed E-state index contributed by atoms with van der Waals surface area (Å²) >= 11 is 0. The number of nitrogens with zero attached hydrogens (tertiary/aromatic N) is 6. The second-order valence-corrected chi connectivity index (χ2v) is 8.14. The van der Waals surface area contributed by atoms with Gasteiger partial charge in [-0.15, -0.1) is 10.2 Å². The van der Waals surface area contributed by atoms with Gasteiger partial charge in [0.15, 0.2) is 11.6 Å². The van der Waals surface area contributed by atoms with E-state index in [1.54, 1.807) is 0 Å². The molecule has 4 rings (SSSR count). The Kier molecular flexibility index (Phi) is 7.14. The third-order valence-corrected chi connectivity index (χ3v) is 5.70. The molecule has 1 aliphatic rings. The fraction of sp³-hybridized carbons (Fsp3) is 0.458. The van der Waals surface area contributed by atoms with Gasteiger partial charge >= 0.3 is 0 Å². The molecule has 1 fully saturated rings. The van der Waals surface area contributed by atoms with Gasteiger partial charge in [-0.2, -0.15) is 0 Å². The topological polar surface area (TPSA) is 61.1 Å². The maximum Gasteiger partial charge on any atom is 0.194 e. The number of pyridine rings is 1. The summed E-state index contributed by atoms with van der Waals surface area (Å²) in [5.74, 6) is 2.03. The number of nitrogens with one attached hydrogen (secondary N) is 1. The monoisotopic (exact) mass is 419 g/mol. The average molecular weight is 420 g/mol. The zero-order valence-electron chi connectivity index (χ0n) is 18.7. The van der Waals surface area contributed by atoms with Gasteiger partial charge in [-0.1, -0.05) is 35.9 Å². The van der Waals surface area contributed by atoms with Crippen molar-refractivity contribution in [2.75, 3.05) is 39.3 Å². The first kappa shape index (κ1) is 21.3. The zero-order valence-corrected chi connectivity index (χ0v) is 18.7. The van der Waals surface area contributed by atoms with Crippen molar-refractivity contribution in [3.8, 4) is 0 Å². The molecule has 0 atom stereocenters. The summed E-state index contributed by atoms with van der Waals surface area (Å²) in [5, 5.41) is 12.0. The maximum atomic E-state index is 4.89. The minimum atomic E-state index is 0.785. The highest BCUT2D eigenvalue weighted by Gasteiger charge is 2.19. The lowest BCUT2D eigenvalue weighted by atomic mass is 10.1. The van der Waals surface area contributed by atoms with Crippen LogP contribution in [0.3, 0.4) is 0 Å². The van der Waals surface area contributed by atoms with Crippen molar-refractivity contribution in [2.24, 2.45) is 4.99 Å². The largest absolute Gasteiger partial charge is 0.357 e. The Morgan fingerprint density at radius 3 is 2.74 bits per heavy atom. The van der Waals surface area contributed by atoms with Crippen LogP contribution < -0.4 is 5.32 Å². The molecule has 1 aliphatic heterocycles. The smallest absolute Gasteiger partial charge is 0.194 e. The molecule has 0 spiro atoms. The van der Waals surface area contributed by atoms with Crippen molar-refractivity contribution in [2.45, 2.75) is 33.2 Å². The Balaban J connectivity index is 1.27. The standard InChI is InChI=1S/C24H33N7/c1-3-25-24(26-12-7-11-23-28-27-22-10-4-5-13-31(22)23)30-16-14-29(15-17-30)19-21-9-6-8-20(2)18-21/h4-6,8-10,13,18H,3,7,11-12,14-17,19H2,1-2H3,(H,25,26). The summed E-state index contributed by atoms with van der Waals surface area (Å²) in [6, 6.07) is 14.8. The fourth-order valence-electron chi connectivity index (χ4n) is 4.10. The third kappa shape index (κ3) is 5.61. The summed E-state index contributed by atoms with van der Waals surface area (Å²) in [6.45, 7) is 11.1. The Morgan fingerprint density at radius 1 is 1.06 bits per heavy atom. The van der Waals surface area contributed by atoms with Crippen LogP contribution in [0.1, 0.15) is 30.3 Å². The summed E-state index contributed by atoms with van der Waals surface area (Å²) in [4.78, 5) is 9.82. The van der Waals surface area contributed by atoms with Crippen LogP contribution in [-0.2, 0) is 13.0 Å². The van der Waals surface area contributed by atoms with Gasteiger partial charge in [-0.25, -0.2) is 0 Å². The van der Waals surface area contributed by atoms with E-state index in [4.69, 9.17) is 4.99 Å². The number of hydrogen-bond donors (Lipinski definition) is 1. The van der Waals surface area contributed by atoms with Crippen LogP contribution in [0, 0.1) is 6.92 Å². The predicted molar refractivity (Wildman–Crippen MR) is 125 cm³/mol. The number of aromatic nitrogens is 3. The lowest BCUT2D eigenvalue weighted by Crippen LogP contribution is -2.52. The second kappa shape index (κ2) is 10.4. The van der Waals surface area contributed by atoms with Crippen LogP contribution in [0.2, 0.25) is 0 Å². The fourth-order valence-corrected chi connectivity index (χ4v) is 4.10. The summed E-state index contributed by atoms with van der Waals surface area (Å²) in [7, 11) is 0. The summed E-state index contributed by atoms with van der Waals surface area (Å²) in [6.07, 6.45) is 3.85. The van der Waals surface area contributed by atoms with Crippen molar-refractivity contribution in [3.05, 3.63) is 65.6 Å². The number of benzene rings is 1. The van der Waals surface area contributed by atoms with E-state index in [0.29, 0.717) is 0 Å². The van der Waals surface area contributed by atoms with E-state index in [1.807, 2.05) is 24.4 Å². The number of piperazine rings is 1. The lowest BCUT2D eigenvalue weighted by Gasteiger charge is -2.36. The van der Waals surface area contributed by atoms with Crippen molar-refractivity contribution in [1.82, 2.24) is 29.7 Å². The van der Waals surface area contributed by atoms with Gasteiger partial charge in [0.2, 0.25) is 0 Å². The summed E-state index contributed by atoms with van der Waals surface area (Å²) in [5.41, 5.74) is 3.63. The first-order valence-corrected chi connectivity index (χ1v) is 11.3. The van der Waals surface area contributed by atoms with Gasteiger partial charge in [0.05, 0.1) is 0 Å². The molecule has 3 aromatic rings. The van der Waals surface area contributed by atoms with Crippen LogP contribution in [0.25, 0.3) is 5.65 Å². The Labute approximate surface area is 184 Å². The van der Waals surface area contributed by atoms with Gasteiger partial charge in [0.25, 0.3) is 0 Å². The van der Waals surface area contributed by atoms with Crippen LogP contribution in [0.4, 0.5) is 0 Å². The second-order valence-electron chi connectivity index (χ2n) is 8.14. The minimum absolute atomic E-state index is 0.785. The molecule has 0 aliphatic carbocycles. The zero-order chi connectivity index (χ0) is 21.5. The average Bonchev–Trinajstić information content (AvgIpc) is 3.20. The molecule has 0 amide bonds. The molecule has 164 valence electrons. The van der Waals surface area contributed by atoms with E-state index in [-0.39, 0.29) is 0 Å². The number of guanidine groups is 1. The van der Waals surface area contributed by atoms with Crippen molar-refractivity contribution >= 4 is 11.6 Å². The first-order chi connectivity index (χ1) is 15.2. The quantitative estimate of drug-likeness (QED) is 0.363. The molecule has 0 saturated carbocycles. The van der Waals surface area contributed by atoms with E-state index >= 15 is 0 Å². The summed E-state index contributed by atoms with van der Waals surface area (Å²) < 4.78 is 2.06. The van der Waals surface area contributed by atoms with Gasteiger partial charge in [-0.3, -0.25) is 14.3 Å². The Morgan fingerprint density at radius 2 is 1.94 bits per heavy atom. The van der Waals surface area contributed by atoms with E-state index < -0.39 is 0 Å². The molecule has 1 aromatic carbocycles. The molecule has 1 N–H and O–H groups in total. The van der Waals surface area contributed by atoms with E-state index in [0.717, 1.165) is 76.1 Å². The van der Waals surface area contributed by atoms with Crippen LogP contribution in [0.15, 0.2) is 53.7 Å². The maximum absolute atomic E-state index is 4.89. The third-order valence-electron chi connectivity index (χ3n) is 5.70. The lowest BCUT2D eigenvalue weighted by molar-refractivity contribution is 0.172. The highest BCUT2D eigenvalue weighted by Crippen LogP contribution is 2.11. The molecule has 7 heteroatoms. The van der Waals surface area contributed by atoms with Gasteiger partial charge in [-0.05, 0) is 38.0 Å². The highest BCUT2D eigenvalue weighted by atomic mass is 15.3. The van der Waals surface area contributed by atoms with Crippen molar-refractivity contribution in [3.63, 3.8) is 0 Å². The minimum Gasteiger partial charge on any atom is -0.357 e. The highest BCUT2D eigenvalue weighted by molar-refractivity contribution is 5.80. The molecule has 0 bridgehead atoms. The Bertz CT molecular complexity index is 1000. The normalized spacial score (nSPS) is 15.5. The van der Waals surface area contributed by atoms with Crippen LogP contribution in [0.5, 0.6) is 0 Å². The van der Waals surface area contributed by atoms with Crippen LogP contribution in [-0.4, -0.2) is 69.6 Å². The van der Waals surface area contributed by atoms with E-state index in [2.05, 4.69) is 67.8 Å². The molecular weight excluding hydrogens is 386 g/mol.